The number of anilines is 1. The maximum atomic E-state index is 12.3. The molecule has 0 bridgehead atoms. The van der Waals surface area contributed by atoms with Crippen LogP contribution in [0.1, 0.15) is 16.6 Å². The Morgan fingerprint density at radius 2 is 2.08 bits per heavy atom. The molecule has 3 rings (SSSR count). The van der Waals surface area contributed by atoms with E-state index in [9.17, 15) is 14.7 Å². The van der Waals surface area contributed by atoms with Crippen LogP contribution in [-0.2, 0) is 4.74 Å². The minimum atomic E-state index is -0.658. The molecule has 132 valence electrons. The van der Waals surface area contributed by atoms with Gasteiger partial charge in [0, 0.05) is 18.3 Å². The average Bonchev–Trinajstić information content (AvgIpc) is 2.62. The monoisotopic (exact) mass is 345 g/mol. The van der Waals surface area contributed by atoms with Crippen molar-refractivity contribution in [3.63, 3.8) is 0 Å². The number of nitrogens with one attached hydrogen (secondary N) is 1. The highest BCUT2D eigenvalue weighted by Gasteiger charge is 2.27. The van der Waals surface area contributed by atoms with Gasteiger partial charge in [-0.15, -0.1) is 0 Å². The quantitative estimate of drug-likeness (QED) is 0.642. The van der Waals surface area contributed by atoms with E-state index in [4.69, 9.17) is 10.6 Å². The summed E-state index contributed by atoms with van der Waals surface area (Å²) < 4.78 is 6.90. The highest BCUT2D eigenvalue weighted by molar-refractivity contribution is 6.03. The molecule has 1 aromatic carbocycles. The van der Waals surface area contributed by atoms with Crippen molar-refractivity contribution in [2.75, 3.05) is 25.0 Å². The number of aromatic nitrogens is 2. The SMILES string of the molecule is NN1CC(CO)OC(n2ccc(NC(=O)c3ccccc3)nc2=O)C1. The molecule has 1 fully saturated rings. The van der Waals surface area contributed by atoms with Crippen molar-refractivity contribution in [3.05, 3.63) is 58.6 Å². The lowest BCUT2D eigenvalue weighted by Gasteiger charge is -2.35. The summed E-state index contributed by atoms with van der Waals surface area (Å²) in [4.78, 5) is 28.2. The molecule has 2 aromatic rings. The van der Waals surface area contributed by atoms with Gasteiger partial charge in [0.1, 0.15) is 5.82 Å². The van der Waals surface area contributed by atoms with Crippen LogP contribution >= 0.6 is 0 Å². The standard InChI is InChI=1S/C16H19N5O4/c17-20-8-12(10-22)25-14(9-20)21-7-6-13(19-16(21)24)18-15(23)11-4-2-1-3-5-11/h1-7,12,14,22H,8-10,17H2,(H,18,19,23,24). The number of morpholine rings is 1. The van der Waals surface area contributed by atoms with E-state index in [0.29, 0.717) is 12.1 Å². The molecule has 4 N–H and O–H groups in total. The predicted octanol–water partition coefficient (Wildman–Crippen LogP) is -0.439. The molecule has 25 heavy (non-hydrogen) atoms. The van der Waals surface area contributed by atoms with E-state index in [1.807, 2.05) is 0 Å². The Bertz CT molecular complexity index is 795. The van der Waals surface area contributed by atoms with Crippen molar-refractivity contribution in [2.24, 2.45) is 5.84 Å². The Morgan fingerprint density at radius 3 is 2.76 bits per heavy atom. The number of rotatable bonds is 4. The first-order valence-electron chi connectivity index (χ1n) is 7.78. The second-order valence-corrected chi connectivity index (χ2v) is 5.67. The second kappa shape index (κ2) is 7.53. The summed E-state index contributed by atoms with van der Waals surface area (Å²) in [5, 5.41) is 13.3. The zero-order valence-electron chi connectivity index (χ0n) is 13.4. The van der Waals surface area contributed by atoms with Crippen molar-refractivity contribution in [3.8, 4) is 0 Å². The van der Waals surface area contributed by atoms with Gasteiger partial charge in [0.2, 0.25) is 0 Å². The van der Waals surface area contributed by atoms with E-state index >= 15 is 0 Å². The van der Waals surface area contributed by atoms with Gasteiger partial charge in [0.05, 0.1) is 19.3 Å². The normalized spacial score (nSPS) is 21.0. The lowest BCUT2D eigenvalue weighted by Crippen LogP contribution is -2.51. The van der Waals surface area contributed by atoms with Gasteiger partial charge in [0.15, 0.2) is 6.23 Å². The average molecular weight is 345 g/mol. The summed E-state index contributed by atoms with van der Waals surface area (Å²) >= 11 is 0. The predicted molar refractivity (Wildman–Crippen MR) is 89.6 cm³/mol. The maximum Gasteiger partial charge on any atom is 0.351 e. The molecule has 1 aromatic heterocycles. The molecule has 2 atom stereocenters. The number of hydrazine groups is 1. The first-order valence-corrected chi connectivity index (χ1v) is 7.78. The summed E-state index contributed by atoms with van der Waals surface area (Å²) in [5.74, 6) is 5.58. The number of amides is 1. The molecule has 2 heterocycles. The number of nitrogens with zero attached hydrogens (tertiary/aromatic N) is 3. The smallest absolute Gasteiger partial charge is 0.351 e. The van der Waals surface area contributed by atoms with Crippen molar-refractivity contribution < 1.29 is 14.6 Å². The van der Waals surface area contributed by atoms with Crippen LogP contribution < -0.4 is 16.8 Å². The zero-order valence-corrected chi connectivity index (χ0v) is 13.4. The lowest BCUT2D eigenvalue weighted by atomic mass is 10.2. The van der Waals surface area contributed by atoms with Gasteiger partial charge < -0.3 is 15.2 Å². The molecule has 0 spiro atoms. The molecule has 2 unspecified atom stereocenters. The Hall–Kier alpha value is -2.59. The fourth-order valence-electron chi connectivity index (χ4n) is 2.58. The van der Waals surface area contributed by atoms with Crippen LogP contribution in [0.25, 0.3) is 0 Å². The molecule has 9 nitrogen and oxygen atoms in total. The fourth-order valence-corrected chi connectivity index (χ4v) is 2.58. The third-order valence-corrected chi connectivity index (χ3v) is 3.80. The molecule has 9 heteroatoms. The van der Waals surface area contributed by atoms with Crippen molar-refractivity contribution in [2.45, 2.75) is 12.3 Å². The Morgan fingerprint density at radius 1 is 1.32 bits per heavy atom. The number of carbonyl (C=O) groups is 1. The van der Waals surface area contributed by atoms with Gasteiger partial charge in [-0.2, -0.15) is 4.98 Å². The second-order valence-electron chi connectivity index (χ2n) is 5.67. The fraction of sp³-hybridized carbons (Fsp3) is 0.312. The van der Waals surface area contributed by atoms with Crippen LogP contribution in [0.3, 0.4) is 0 Å². The Balaban J connectivity index is 1.75. The lowest BCUT2D eigenvalue weighted by molar-refractivity contribution is -0.136. The summed E-state index contributed by atoms with van der Waals surface area (Å²) in [6, 6.07) is 10.1. The number of aliphatic hydroxyl groups is 1. The largest absolute Gasteiger partial charge is 0.394 e. The van der Waals surface area contributed by atoms with Crippen LogP contribution in [-0.4, -0.2) is 51.4 Å². The molecule has 0 radical (unpaired) electrons. The highest BCUT2D eigenvalue weighted by atomic mass is 16.5. The number of hydrogen-bond donors (Lipinski definition) is 3. The number of carbonyl (C=O) groups excluding carboxylic acids is 1. The van der Waals surface area contributed by atoms with Gasteiger partial charge in [0.25, 0.3) is 5.91 Å². The van der Waals surface area contributed by atoms with E-state index in [0.717, 1.165) is 0 Å². The van der Waals surface area contributed by atoms with E-state index in [-0.39, 0.29) is 24.9 Å². The van der Waals surface area contributed by atoms with E-state index in [1.54, 1.807) is 30.3 Å². The summed E-state index contributed by atoms with van der Waals surface area (Å²) in [6.45, 7) is 0.464. The minimum absolute atomic E-state index is 0.147. The van der Waals surface area contributed by atoms with E-state index < -0.39 is 18.0 Å². The number of nitrogens with two attached hydrogens (primary N) is 1. The maximum absolute atomic E-state index is 12.3. The highest BCUT2D eigenvalue weighted by Crippen LogP contribution is 2.16. The first kappa shape index (κ1) is 17.2. The summed E-state index contributed by atoms with van der Waals surface area (Å²) in [6.07, 6.45) is 0.344. The Labute approximate surface area is 143 Å². The number of benzene rings is 1. The number of aliphatic hydroxyl groups excluding tert-OH is 1. The molecule has 1 aliphatic rings. The van der Waals surface area contributed by atoms with Gasteiger partial charge in [-0.05, 0) is 18.2 Å². The van der Waals surface area contributed by atoms with Crippen molar-refractivity contribution in [1.29, 1.82) is 0 Å². The molecule has 0 saturated carbocycles. The van der Waals surface area contributed by atoms with Crippen LogP contribution in [0.5, 0.6) is 0 Å². The molecular weight excluding hydrogens is 326 g/mol. The van der Waals surface area contributed by atoms with Crippen LogP contribution in [0, 0.1) is 0 Å². The first-order chi connectivity index (χ1) is 12.1. The number of hydrogen-bond acceptors (Lipinski definition) is 7. The summed E-state index contributed by atoms with van der Waals surface area (Å²) in [7, 11) is 0. The van der Waals surface area contributed by atoms with Gasteiger partial charge in [-0.3, -0.25) is 15.2 Å². The van der Waals surface area contributed by atoms with Crippen molar-refractivity contribution in [1.82, 2.24) is 14.6 Å². The van der Waals surface area contributed by atoms with Gasteiger partial charge >= 0.3 is 5.69 Å². The molecule has 0 aliphatic carbocycles. The van der Waals surface area contributed by atoms with Gasteiger partial charge in [-0.25, -0.2) is 9.80 Å². The van der Waals surface area contributed by atoms with Crippen LogP contribution in [0.15, 0.2) is 47.4 Å². The van der Waals surface area contributed by atoms with Crippen LogP contribution in [0.4, 0.5) is 5.82 Å². The van der Waals surface area contributed by atoms with Crippen molar-refractivity contribution >= 4 is 11.7 Å². The summed E-state index contributed by atoms with van der Waals surface area (Å²) in [5.41, 5.74) is -0.114. The molecule has 1 saturated heterocycles. The number of ether oxygens (including phenoxy) is 1. The van der Waals surface area contributed by atoms with E-state index in [1.165, 1.54) is 21.8 Å². The molecule has 1 aliphatic heterocycles. The minimum Gasteiger partial charge on any atom is -0.394 e. The third kappa shape index (κ3) is 4.09. The van der Waals surface area contributed by atoms with Crippen LogP contribution in [0.2, 0.25) is 0 Å². The van der Waals surface area contributed by atoms with E-state index in [2.05, 4.69) is 10.3 Å². The third-order valence-electron chi connectivity index (χ3n) is 3.80. The topological polar surface area (TPSA) is 123 Å². The van der Waals surface area contributed by atoms with Gasteiger partial charge in [-0.1, -0.05) is 18.2 Å². The zero-order chi connectivity index (χ0) is 17.8. The molecular formula is C16H19N5O4. The molecule has 1 amide bonds. The Kier molecular flexibility index (Phi) is 5.19.